The van der Waals surface area contributed by atoms with Crippen molar-refractivity contribution < 1.29 is 14.3 Å². The molecule has 1 saturated heterocycles. The van der Waals surface area contributed by atoms with Gasteiger partial charge in [-0.2, -0.15) is 0 Å². The summed E-state index contributed by atoms with van der Waals surface area (Å²) in [6, 6.07) is 9.71. The molecule has 0 saturated carbocycles. The molecule has 2 rings (SSSR count). The molecule has 1 aromatic rings. The molecule has 1 amide bonds. The van der Waals surface area contributed by atoms with Crippen LogP contribution in [0.1, 0.15) is 38.2 Å². The minimum Gasteiger partial charge on any atom is -0.460 e. The van der Waals surface area contributed by atoms with Gasteiger partial charge >= 0.3 is 5.97 Å². The van der Waals surface area contributed by atoms with E-state index in [2.05, 4.69) is 10.2 Å². The lowest BCUT2D eigenvalue weighted by Gasteiger charge is -2.32. The van der Waals surface area contributed by atoms with Crippen molar-refractivity contribution in [1.29, 1.82) is 0 Å². The predicted molar refractivity (Wildman–Crippen MR) is 93.3 cm³/mol. The van der Waals surface area contributed by atoms with Gasteiger partial charge in [0, 0.05) is 19.5 Å². The van der Waals surface area contributed by atoms with Crippen molar-refractivity contribution in [2.45, 2.75) is 39.2 Å². The maximum absolute atomic E-state index is 12.0. The Kier molecular flexibility index (Phi) is 7.75. The third-order valence-corrected chi connectivity index (χ3v) is 4.26. The van der Waals surface area contributed by atoms with Crippen LogP contribution in [0.15, 0.2) is 30.3 Å². The normalized spacial score (nSPS) is 18.1. The van der Waals surface area contributed by atoms with Gasteiger partial charge < -0.3 is 10.1 Å². The fourth-order valence-corrected chi connectivity index (χ4v) is 3.00. The van der Waals surface area contributed by atoms with Crippen molar-refractivity contribution in [3.63, 3.8) is 0 Å². The van der Waals surface area contributed by atoms with Crippen molar-refractivity contribution in [1.82, 2.24) is 10.2 Å². The zero-order chi connectivity index (χ0) is 17.2. The van der Waals surface area contributed by atoms with E-state index in [1.54, 1.807) is 0 Å². The van der Waals surface area contributed by atoms with Crippen LogP contribution in [0.2, 0.25) is 0 Å². The van der Waals surface area contributed by atoms with E-state index in [9.17, 15) is 9.59 Å². The molecule has 1 aliphatic heterocycles. The lowest BCUT2D eigenvalue weighted by molar-refractivity contribution is -0.146. The quantitative estimate of drug-likeness (QED) is 0.743. The summed E-state index contributed by atoms with van der Waals surface area (Å²) < 4.78 is 5.35. The highest BCUT2D eigenvalue weighted by molar-refractivity contribution is 5.75. The number of amides is 1. The summed E-state index contributed by atoms with van der Waals surface area (Å²) in [5, 5.41) is 2.99. The number of nitrogens with one attached hydrogen (secondary N) is 1. The first-order valence-corrected chi connectivity index (χ1v) is 8.86. The molecule has 1 heterocycles. The van der Waals surface area contributed by atoms with Gasteiger partial charge in [-0.25, -0.2) is 0 Å². The van der Waals surface area contributed by atoms with Crippen LogP contribution in [0, 0.1) is 5.92 Å². The average molecular weight is 332 g/mol. The lowest BCUT2D eigenvalue weighted by atomic mass is 9.98. The molecule has 0 spiro atoms. The molecule has 1 unspecified atom stereocenters. The molecule has 5 heteroatoms. The highest BCUT2D eigenvalue weighted by Gasteiger charge is 2.22. The highest BCUT2D eigenvalue weighted by atomic mass is 16.5. The van der Waals surface area contributed by atoms with E-state index in [-0.39, 0.29) is 11.9 Å². The summed E-state index contributed by atoms with van der Waals surface area (Å²) in [4.78, 5) is 25.7. The van der Waals surface area contributed by atoms with Crippen molar-refractivity contribution in [2.24, 2.45) is 5.92 Å². The van der Waals surface area contributed by atoms with Gasteiger partial charge in [0.2, 0.25) is 5.91 Å². The summed E-state index contributed by atoms with van der Waals surface area (Å²) >= 11 is 0. The van der Waals surface area contributed by atoms with Crippen LogP contribution < -0.4 is 5.32 Å². The number of carbonyl (C=O) groups excluding carboxylic acids is 2. The summed E-state index contributed by atoms with van der Waals surface area (Å²) in [7, 11) is 0. The maximum Gasteiger partial charge on any atom is 0.320 e. The Morgan fingerprint density at radius 2 is 2.08 bits per heavy atom. The van der Waals surface area contributed by atoms with Gasteiger partial charge in [-0.15, -0.1) is 0 Å². The maximum atomic E-state index is 12.0. The number of benzene rings is 1. The monoisotopic (exact) mass is 332 g/mol. The molecular formula is C19H28N2O3. The third-order valence-electron chi connectivity index (χ3n) is 4.26. The molecule has 0 aromatic heterocycles. The minimum atomic E-state index is -0.186. The Labute approximate surface area is 144 Å². The minimum absolute atomic E-state index is 0.122. The first kappa shape index (κ1) is 18.5. The van der Waals surface area contributed by atoms with Gasteiger partial charge in [0.15, 0.2) is 0 Å². The van der Waals surface area contributed by atoms with E-state index in [0.717, 1.165) is 37.9 Å². The van der Waals surface area contributed by atoms with Crippen LogP contribution in [0.4, 0.5) is 0 Å². The number of hydrogen-bond donors (Lipinski definition) is 1. The average Bonchev–Trinajstić information content (AvgIpc) is 2.60. The molecular weight excluding hydrogens is 304 g/mol. The third kappa shape index (κ3) is 6.71. The van der Waals surface area contributed by atoms with Crippen LogP contribution in [-0.4, -0.2) is 43.0 Å². The second-order valence-electron chi connectivity index (χ2n) is 6.44. The van der Waals surface area contributed by atoms with Crippen LogP contribution in [0.25, 0.3) is 0 Å². The van der Waals surface area contributed by atoms with E-state index >= 15 is 0 Å². The van der Waals surface area contributed by atoms with Crippen molar-refractivity contribution in [2.75, 3.05) is 26.2 Å². The van der Waals surface area contributed by atoms with E-state index in [1.165, 1.54) is 0 Å². The lowest BCUT2D eigenvalue weighted by Crippen LogP contribution is -2.43. The van der Waals surface area contributed by atoms with Gasteiger partial charge in [0.1, 0.15) is 6.61 Å². The number of hydrogen-bond acceptors (Lipinski definition) is 4. The van der Waals surface area contributed by atoms with Gasteiger partial charge in [-0.05, 0) is 37.3 Å². The first-order valence-electron chi connectivity index (χ1n) is 8.86. The van der Waals surface area contributed by atoms with E-state index < -0.39 is 0 Å². The van der Waals surface area contributed by atoms with Crippen LogP contribution >= 0.6 is 0 Å². The number of piperidine rings is 1. The van der Waals surface area contributed by atoms with Crippen LogP contribution in [0.5, 0.6) is 0 Å². The summed E-state index contributed by atoms with van der Waals surface area (Å²) in [6.07, 6.45) is 3.61. The predicted octanol–water partition coefficient (Wildman–Crippen LogP) is 2.36. The molecule has 1 fully saturated rings. The van der Waals surface area contributed by atoms with Crippen molar-refractivity contribution in [3.05, 3.63) is 35.9 Å². The Bertz CT molecular complexity index is 519. The largest absolute Gasteiger partial charge is 0.460 e. The first-order chi connectivity index (χ1) is 11.7. The Morgan fingerprint density at radius 3 is 2.83 bits per heavy atom. The molecule has 24 heavy (non-hydrogen) atoms. The molecule has 5 nitrogen and oxygen atoms in total. The Morgan fingerprint density at radius 1 is 1.29 bits per heavy atom. The molecule has 1 aliphatic rings. The number of ether oxygens (including phenoxy) is 1. The topological polar surface area (TPSA) is 58.6 Å². The number of nitrogens with zero attached hydrogens (tertiary/aromatic N) is 1. The fourth-order valence-electron chi connectivity index (χ4n) is 3.00. The van der Waals surface area contributed by atoms with Gasteiger partial charge in [0.25, 0.3) is 0 Å². The highest BCUT2D eigenvalue weighted by Crippen LogP contribution is 2.15. The fraction of sp³-hybridized carbons (Fsp3) is 0.579. The van der Waals surface area contributed by atoms with Crippen molar-refractivity contribution >= 4 is 11.9 Å². The van der Waals surface area contributed by atoms with Gasteiger partial charge in [-0.3, -0.25) is 14.5 Å². The number of likely N-dealkylation sites (tertiary alicyclic amines) is 1. The van der Waals surface area contributed by atoms with E-state index in [4.69, 9.17) is 4.74 Å². The standard InChI is InChI=1S/C19H28N2O3/c1-2-7-18(22)20-12-17-10-6-11-21(13-17)14-19(23)24-15-16-8-4-3-5-9-16/h3-5,8-9,17H,2,6-7,10-15H2,1H3,(H,20,22). The molecule has 0 aliphatic carbocycles. The second-order valence-corrected chi connectivity index (χ2v) is 6.44. The van der Waals surface area contributed by atoms with E-state index in [0.29, 0.717) is 32.0 Å². The van der Waals surface area contributed by atoms with Crippen LogP contribution in [-0.2, 0) is 20.9 Å². The molecule has 0 bridgehead atoms. The molecule has 132 valence electrons. The van der Waals surface area contributed by atoms with Crippen molar-refractivity contribution in [3.8, 4) is 0 Å². The zero-order valence-corrected chi connectivity index (χ0v) is 14.5. The summed E-state index contributed by atoms with van der Waals surface area (Å²) in [5.74, 6) is 0.355. The molecule has 1 atom stereocenters. The smallest absolute Gasteiger partial charge is 0.320 e. The van der Waals surface area contributed by atoms with Gasteiger partial charge in [-0.1, -0.05) is 37.3 Å². The number of esters is 1. The number of rotatable bonds is 8. The number of carbonyl (C=O) groups is 2. The summed E-state index contributed by atoms with van der Waals surface area (Å²) in [5.41, 5.74) is 1.00. The molecule has 1 N–H and O–H groups in total. The zero-order valence-electron chi connectivity index (χ0n) is 14.5. The molecule has 0 radical (unpaired) electrons. The summed E-state index contributed by atoms with van der Waals surface area (Å²) in [6.45, 7) is 5.11. The van der Waals surface area contributed by atoms with Gasteiger partial charge in [0.05, 0.1) is 6.54 Å². The van der Waals surface area contributed by atoms with Crippen LogP contribution in [0.3, 0.4) is 0 Å². The van der Waals surface area contributed by atoms with E-state index in [1.807, 2.05) is 37.3 Å². The second kappa shape index (κ2) is 10.1. The molecule has 1 aromatic carbocycles. The Hall–Kier alpha value is -1.88. The Balaban J connectivity index is 1.68. The SMILES string of the molecule is CCCC(=O)NCC1CCCN(CC(=O)OCc2ccccc2)C1.